The largest absolute Gasteiger partial charge is 0.459 e. The molecule has 0 radical (unpaired) electrons. The first-order chi connectivity index (χ1) is 9.77. The molecule has 2 nitrogen and oxygen atoms in total. The second-order valence-electron chi connectivity index (χ2n) is 7.32. The molecule has 0 bridgehead atoms. The summed E-state index contributed by atoms with van der Waals surface area (Å²) in [6.45, 7) is 13.4. The lowest BCUT2D eigenvalue weighted by atomic mass is 9.85. The average molecular weight is 287 g/mol. The van der Waals surface area contributed by atoms with Gasteiger partial charge in [-0.15, -0.1) is 0 Å². The first-order valence-electron chi connectivity index (χ1n) is 8.02. The van der Waals surface area contributed by atoms with Crippen LogP contribution in [0, 0.1) is 5.92 Å². The monoisotopic (exact) mass is 287 g/mol. The van der Waals surface area contributed by atoms with Gasteiger partial charge in [0.25, 0.3) is 0 Å². The zero-order valence-electron chi connectivity index (χ0n) is 14.5. The highest BCUT2D eigenvalue weighted by Gasteiger charge is 2.23. The molecule has 1 heterocycles. The number of fused-ring (bicyclic) bond motifs is 1. The average Bonchev–Trinajstić information content (AvgIpc) is 2.79. The molecule has 0 amide bonds. The highest BCUT2D eigenvalue weighted by molar-refractivity contribution is 5.83. The van der Waals surface area contributed by atoms with Gasteiger partial charge in [0.1, 0.15) is 11.3 Å². The number of rotatable bonds is 4. The van der Waals surface area contributed by atoms with Crippen molar-refractivity contribution in [1.29, 1.82) is 0 Å². The second-order valence-corrected chi connectivity index (χ2v) is 7.32. The molecule has 1 aromatic heterocycles. The van der Waals surface area contributed by atoms with E-state index in [0.29, 0.717) is 5.92 Å². The summed E-state index contributed by atoms with van der Waals surface area (Å²) in [6, 6.07) is 7.05. The van der Waals surface area contributed by atoms with Crippen LogP contribution >= 0.6 is 0 Å². The molecule has 0 fully saturated rings. The highest BCUT2D eigenvalue weighted by atomic mass is 16.3. The van der Waals surface area contributed by atoms with E-state index in [1.54, 1.807) is 0 Å². The van der Waals surface area contributed by atoms with Crippen molar-refractivity contribution in [3.63, 3.8) is 0 Å². The Kier molecular flexibility index (Phi) is 4.48. The fourth-order valence-corrected chi connectivity index (χ4v) is 2.95. The van der Waals surface area contributed by atoms with Crippen molar-refractivity contribution in [1.82, 2.24) is 5.32 Å². The van der Waals surface area contributed by atoms with Crippen molar-refractivity contribution in [2.24, 2.45) is 5.92 Å². The first-order valence-corrected chi connectivity index (χ1v) is 8.02. The maximum Gasteiger partial charge on any atom is 0.138 e. The number of aryl methyl sites for hydroxylation is 1. The van der Waals surface area contributed by atoms with Gasteiger partial charge in [-0.3, -0.25) is 0 Å². The smallest absolute Gasteiger partial charge is 0.138 e. The predicted molar refractivity (Wildman–Crippen MR) is 90.9 cm³/mol. The maximum atomic E-state index is 6.28. The number of nitrogens with one attached hydrogen (secondary N) is 1. The van der Waals surface area contributed by atoms with Crippen LogP contribution in [0.1, 0.15) is 64.5 Å². The van der Waals surface area contributed by atoms with Crippen molar-refractivity contribution in [3.8, 4) is 0 Å². The molecular formula is C19H29NO. The summed E-state index contributed by atoms with van der Waals surface area (Å²) in [7, 11) is 2.00. The van der Waals surface area contributed by atoms with Gasteiger partial charge < -0.3 is 9.73 Å². The molecule has 2 aromatic rings. The fourth-order valence-electron chi connectivity index (χ4n) is 2.95. The van der Waals surface area contributed by atoms with Crippen LogP contribution in [0.3, 0.4) is 0 Å². The molecule has 0 aliphatic heterocycles. The van der Waals surface area contributed by atoms with Crippen LogP contribution in [-0.2, 0) is 11.8 Å². The summed E-state index contributed by atoms with van der Waals surface area (Å²) in [4.78, 5) is 0. The third kappa shape index (κ3) is 3.16. The Morgan fingerprint density at radius 1 is 1.14 bits per heavy atom. The lowest BCUT2D eigenvalue weighted by Crippen LogP contribution is -2.20. The number of furan rings is 1. The maximum absolute atomic E-state index is 6.28. The zero-order valence-corrected chi connectivity index (χ0v) is 14.5. The highest BCUT2D eigenvalue weighted by Crippen LogP contribution is 2.36. The van der Waals surface area contributed by atoms with Crippen molar-refractivity contribution < 1.29 is 4.42 Å². The van der Waals surface area contributed by atoms with Gasteiger partial charge in [-0.05, 0) is 42.5 Å². The van der Waals surface area contributed by atoms with E-state index in [1.165, 1.54) is 16.5 Å². The van der Waals surface area contributed by atoms with E-state index in [-0.39, 0.29) is 11.5 Å². The third-order valence-electron chi connectivity index (χ3n) is 4.20. The minimum Gasteiger partial charge on any atom is -0.459 e. The molecule has 2 heteroatoms. The predicted octanol–water partition coefficient (Wildman–Crippen LogP) is 5.21. The Labute approximate surface area is 128 Å². The van der Waals surface area contributed by atoms with Gasteiger partial charge >= 0.3 is 0 Å². The van der Waals surface area contributed by atoms with Gasteiger partial charge in [-0.1, -0.05) is 47.6 Å². The molecule has 0 saturated heterocycles. The molecular weight excluding hydrogens is 258 g/mol. The molecule has 0 spiro atoms. The zero-order chi connectivity index (χ0) is 15.8. The number of benzene rings is 1. The van der Waals surface area contributed by atoms with E-state index in [9.17, 15) is 0 Å². The van der Waals surface area contributed by atoms with Gasteiger partial charge in [-0.25, -0.2) is 0 Å². The summed E-state index contributed by atoms with van der Waals surface area (Å²) in [6.07, 6.45) is 1.05. The molecule has 0 aliphatic rings. The molecule has 1 N–H and O–H groups in total. The quantitative estimate of drug-likeness (QED) is 0.835. The molecule has 2 rings (SSSR count). The van der Waals surface area contributed by atoms with Crippen LogP contribution < -0.4 is 5.32 Å². The molecule has 1 aromatic carbocycles. The van der Waals surface area contributed by atoms with E-state index in [0.717, 1.165) is 17.8 Å². The Hall–Kier alpha value is -1.28. The summed E-state index contributed by atoms with van der Waals surface area (Å²) >= 11 is 0. The van der Waals surface area contributed by atoms with E-state index < -0.39 is 0 Å². The topological polar surface area (TPSA) is 25.2 Å². The Balaban J connectivity index is 2.66. The number of hydrogen-bond donors (Lipinski definition) is 1. The molecule has 1 atom stereocenters. The summed E-state index contributed by atoms with van der Waals surface area (Å²) < 4.78 is 6.28. The van der Waals surface area contributed by atoms with Crippen LogP contribution in [0.15, 0.2) is 22.6 Å². The third-order valence-corrected chi connectivity index (χ3v) is 4.20. The lowest BCUT2D eigenvalue weighted by Gasteiger charge is -2.20. The molecule has 1 unspecified atom stereocenters. The van der Waals surface area contributed by atoms with Crippen LogP contribution in [0.25, 0.3) is 11.0 Å². The fraction of sp³-hybridized carbons (Fsp3) is 0.579. The molecule has 21 heavy (non-hydrogen) atoms. The van der Waals surface area contributed by atoms with Crippen molar-refractivity contribution >= 4 is 11.0 Å². The Morgan fingerprint density at radius 2 is 1.81 bits per heavy atom. The molecule has 0 aliphatic carbocycles. The second kappa shape index (κ2) is 5.84. The van der Waals surface area contributed by atoms with E-state index in [1.807, 2.05) is 7.05 Å². The first kappa shape index (κ1) is 16.1. The SMILES string of the molecule is CCc1cc(C(C)(C)C)c2oc(C(NC)C(C)C)cc2c1. The van der Waals surface area contributed by atoms with Crippen LogP contribution in [-0.4, -0.2) is 7.05 Å². The summed E-state index contributed by atoms with van der Waals surface area (Å²) in [5.74, 6) is 1.54. The summed E-state index contributed by atoms with van der Waals surface area (Å²) in [5, 5.41) is 4.60. The lowest BCUT2D eigenvalue weighted by molar-refractivity contribution is 0.369. The van der Waals surface area contributed by atoms with Gasteiger partial charge in [0.15, 0.2) is 0 Å². The minimum absolute atomic E-state index is 0.0888. The Bertz CT molecular complexity index is 616. The van der Waals surface area contributed by atoms with Crippen molar-refractivity contribution in [2.45, 2.75) is 59.4 Å². The molecule has 0 saturated carbocycles. The normalized spacial score (nSPS) is 14.1. The van der Waals surface area contributed by atoms with Gasteiger partial charge in [-0.2, -0.15) is 0 Å². The molecule has 116 valence electrons. The van der Waals surface area contributed by atoms with Gasteiger partial charge in [0, 0.05) is 10.9 Å². The van der Waals surface area contributed by atoms with Crippen molar-refractivity contribution in [3.05, 3.63) is 35.1 Å². The summed E-state index contributed by atoms with van der Waals surface area (Å²) in [5.41, 5.74) is 3.83. The Morgan fingerprint density at radius 3 is 2.29 bits per heavy atom. The minimum atomic E-state index is 0.0888. The van der Waals surface area contributed by atoms with Crippen LogP contribution in [0.2, 0.25) is 0 Å². The van der Waals surface area contributed by atoms with Gasteiger partial charge in [0.05, 0.1) is 6.04 Å². The van der Waals surface area contributed by atoms with Crippen molar-refractivity contribution in [2.75, 3.05) is 7.05 Å². The van der Waals surface area contributed by atoms with E-state index >= 15 is 0 Å². The van der Waals surface area contributed by atoms with Gasteiger partial charge in [0.2, 0.25) is 0 Å². The van der Waals surface area contributed by atoms with Crippen LogP contribution in [0.5, 0.6) is 0 Å². The van der Waals surface area contributed by atoms with Crippen LogP contribution in [0.4, 0.5) is 0 Å². The standard InChI is InChI=1S/C19H29NO/c1-8-13-9-14-11-16(17(20-7)12(2)3)21-18(14)15(10-13)19(4,5)6/h9-12,17,20H,8H2,1-7H3. The number of hydrogen-bond acceptors (Lipinski definition) is 2. The van der Waals surface area contributed by atoms with E-state index in [4.69, 9.17) is 4.42 Å². The van der Waals surface area contributed by atoms with E-state index in [2.05, 4.69) is 65.1 Å².